The lowest BCUT2D eigenvalue weighted by atomic mass is 10.3. The molecule has 0 aliphatic heterocycles. The molecule has 2 heterocycles. The van der Waals surface area contributed by atoms with Gasteiger partial charge in [0.15, 0.2) is 5.82 Å². The largest absolute Gasteiger partial charge is 0.395 e. The van der Waals surface area contributed by atoms with Gasteiger partial charge in [0.05, 0.1) is 17.0 Å². The zero-order chi connectivity index (χ0) is 15.1. The van der Waals surface area contributed by atoms with Gasteiger partial charge in [-0.05, 0) is 13.0 Å². The highest BCUT2D eigenvalue weighted by atomic mass is 32.1. The minimum Gasteiger partial charge on any atom is -0.395 e. The second kappa shape index (κ2) is 7.57. The van der Waals surface area contributed by atoms with E-state index in [1.54, 1.807) is 18.4 Å². The molecule has 0 saturated carbocycles. The summed E-state index contributed by atoms with van der Waals surface area (Å²) in [4.78, 5) is 16.8. The maximum atomic E-state index is 11.9. The van der Waals surface area contributed by atoms with Gasteiger partial charge in [-0.1, -0.05) is 17.0 Å². The van der Waals surface area contributed by atoms with E-state index in [1.807, 2.05) is 0 Å². The van der Waals surface area contributed by atoms with Gasteiger partial charge in [0.1, 0.15) is 0 Å². The van der Waals surface area contributed by atoms with Gasteiger partial charge in [-0.3, -0.25) is 4.79 Å². The Labute approximate surface area is 126 Å². The van der Waals surface area contributed by atoms with E-state index in [2.05, 4.69) is 27.3 Å². The van der Waals surface area contributed by atoms with Crippen molar-refractivity contribution >= 4 is 17.2 Å². The van der Waals surface area contributed by atoms with E-state index in [1.165, 1.54) is 11.3 Å². The number of carbonyl (C=O) groups excluding carboxylic acids is 1. The standard InChI is InChI=1S/C14H15N3O3S/c1-10-16-13(20-17-10)5-6-15-14(19)11-8-12(21-9-11)4-2-3-7-18/h8-9,18H,3,5-7H2,1H3,(H,15,19). The molecule has 0 aliphatic rings. The number of amides is 1. The van der Waals surface area contributed by atoms with E-state index in [-0.39, 0.29) is 12.5 Å². The van der Waals surface area contributed by atoms with Crippen molar-refractivity contribution in [1.29, 1.82) is 0 Å². The number of hydrogen-bond acceptors (Lipinski definition) is 6. The smallest absolute Gasteiger partial charge is 0.252 e. The van der Waals surface area contributed by atoms with Crippen LogP contribution in [0, 0.1) is 18.8 Å². The zero-order valence-electron chi connectivity index (χ0n) is 11.5. The fourth-order valence-corrected chi connectivity index (χ4v) is 2.31. The molecule has 2 N–H and O–H groups in total. The number of aliphatic hydroxyl groups excluding tert-OH is 1. The highest BCUT2D eigenvalue weighted by Crippen LogP contribution is 2.13. The van der Waals surface area contributed by atoms with Gasteiger partial charge in [-0.25, -0.2) is 0 Å². The van der Waals surface area contributed by atoms with Crippen LogP contribution in [0.3, 0.4) is 0 Å². The summed E-state index contributed by atoms with van der Waals surface area (Å²) in [6, 6.07) is 1.74. The fourth-order valence-electron chi connectivity index (χ4n) is 1.55. The molecule has 7 heteroatoms. The van der Waals surface area contributed by atoms with Crippen LogP contribution in [0.15, 0.2) is 16.0 Å². The van der Waals surface area contributed by atoms with Crippen molar-refractivity contribution in [3.8, 4) is 11.8 Å². The number of hydrogen-bond donors (Lipinski definition) is 2. The molecule has 0 bridgehead atoms. The Balaban J connectivity index is 1.82. The fraction of sp³-hybridized carbons (Fsp3) is 0.357. The average Bonchev–Trinajstić information content (AvgIpc) is 3.08. The quantitative estimate of drug-likeness (QED) is 0.809. The van der Waals surface area contributed by atoms with Crippen molar-refractivity contribution in [1.82, 2.24) is 15.5 Å². The normalized spacial score (nSPS) is 10.0. The molecule has 0 unspecified atom stereocenters. The third-order valence-electron chi connectivity index (χ3n) is 2.50. The topological polar surface area (TPSA) is 88.2 Å². The average molecular weight is 305 g/mol. The Morgan fingerprint density at radius 2 is 2.43 bits per heavy atom. The van der Waals surface area contributed by atoms with Crippen LogP contribution in [0.2, 0.25) is 0 Å². The molecule has 21 heavy (non-hydrogen) atoms. The summed E-state index contributed by atoms with van der Waals surface area (Å²) in [7, 11) is 0. The zero-order valence-corrected chi connectivity index (χ0v) is 12.4. The summed E-state index contributed by atoms with van der Waals surface area (Å²) < 4.78 is 4.96. The molecule has 0 aliphatic carbocycles. The Morgan fingerprint density at radius 1 is 1.57 bits per heavy atom. The van der Waals surface area contributed by atoms with Gasteiger partial charge < -0.3 is 14.9 Å². The van der Waals surface area contributed by atoms with E-state index in [0.717, 1.165) is 4.88 Å². The highest BCUT2D eigenvalue weighted by Gasteiger charge is 2.08. The summed E-state index contributed by atoms with van der Waals surface area (Å²) in [5.74, 6) is 6.66. The molecular formula is C14H15N3O3S. The van der Waals surface area contributed by atoms with Crippen molar-refractivity contribution in [2.45, 2.75) is 19.8 Å². The first-order chi connectivity index (χ1) is 10.2. The second-order valence-electron chi connectivity index (χ2n) is 4.22. The van der Waals surface area contributed by atoms with Crippen molar-refractivity contribution < 1.29 is 14.4 Å². The molecule has 0 fully saturated rings. The number of aromatic nitrogens is 2. The number of nitrogens with zero attached hydrogens (tertiary/aromatic N) is 2. The van der Waals surface area contributed by atoms with E-state index < -0.39 is 0 Å². The molecule has 0 atom stereocenters. The van der Waals surface area contributed by atoms with Gasteiger partial charge in [0.25, 0.3) is 5.91 Å². The maximum absolute atomic E-state index is 11.9. The van der Waals surface area contributed by atoms with Crippen LogP contribution >= 0.6 is 11.3 Å². The number of rotatable bonds is 5. The number of aryl methyl sites for hydroxylation is 1. The lowest BCUT2D eigenvalue weighted by Crippen LogP contribution is -2.25. The van der Waals surface area contributed by atoms with Gasteiger partial charge in [0.2, 0.25) is 5.89 Å². The van der Waals surface area contributed by atoms with Gasteiger partial charge in [0, 0.05) is 24.8 Å². The minimum absolute atomic E-state index is 0.0425. The van der Waals surface area contributed by atoms with Crippen LogP contribution in [0.4, 0.5) is 0 Å². The number of aliphatic hydroxyl groups is 1. The van der Waals surface area contributed by atoms with Crippen LogP contribution in [-0.4, -0.2) is 34.3 Å². The summed E-state index contributed by atoms with van der Waals surface area (Å²) in [5.41, 5.74) is 0.579. The van der Waals surface area contributed by atoms with Crippen molar-refractivity contribution in [3.63, 3.8) is 0 Å². The van der Waals surface area contributed by atoms with Crippen LogP contribution in [0.25, 0.3) is 0 Å². The van der Waals surface area contributed by atoms with Crippen LogP contribution < -0.4 is 5.32 Å². The second-order valence-corrected chi connectivity index (χ2v) is 5.13. The third-order valence-corrected chi connectivity index (χ3v) is 3.35. The van der Waals surface area contributed by atoms with Gasteiger partial charge >= 0.3 is 0 Å². The van der Waals surface area contributed by atoms with Crippen LogP contribution in [-0.2, 0) is 6.42 Å². The number of thiophene rings is 1. The first kappa shape index (κ1) is 15.2. The number of nitrogens with one attached hydrogen (secondary N) is 1. The van der Waals surface area contributed by atoms with Crippen molar-refractivity contribution in [2.24, 2.45) is 0 Å². The summed E-state index contributed by atoms with van der Waals surface area (Å²) in [6.07, 6.45) is 0.933. The lowest BCUT2D eigenvalue weighted by Gasteiger charge is -2.00. The predicted molar refractivity (Wildman–Crippen MR) is 78.0 cm³/mol. The molecule has 2 rings (SSSR count). The van der Waals surface area contributed by atoms with Crippen LogP contribution in [0.5, 0.6) is 0 Å². The van der Waals surface area contributed by atoms with E-state index in [9.17, 15) is 4.79 Å². The third kappa shape index (κ3) is 4.70. The number of carbonyl (C=O) groups is 1. The molecule has 6 nitrogen and oxygen atoms in total. The first-order valence-electron chi connectivity index (χ1n) is 6.44. The lowest BCUT2D eigenvalue weighted by molar-refractivity contribution is 0.0954. The molecule has 0 aromatic carbocycles. The Kier molecular flexibility index (Phi) is 5.49. The first-order valence-corrected chi connectivity index (χ1v) is 7.32. The molecule has 0 spiro atoms. The Bertz CT molecular complexity index is 666. The van der Waals surface area contributed by atoms with Crippen molar-refractivity contribution in [3.05, 3.63) is 33.6 Å². The minimum atomic E-state index is -0.155. The van der Waals surface area contributed by atoms with Gasteiger partial charge in [-0.2, -0.15) is 4.98 Å². The molecule has 2 aromatic heterocycles. The molecule has 1 amide bonds. The molecule has 110 valence electrons. The van der Waals surface area contributed by atoms with E-state index >= 15 is 0 Å². The van der Waals surface area contributed by atoms with E-state index in [0.29, 0.717) is 36.7 Å². The summed E-state index contributed by atoms with van der Waals surface area (Å²) in [6.45, 7) is 2.22. The SMILES string of the molecule is Cc1noc(CCNC(=O)c2csc(C#CCCO)c2)n1. The van der Waals surface area contributed by atoms with Crippen LogP contribution in [0.1, 0.15) is 33.4 Å². The molecular weight excluding hydrogens is 290 g/mol. The maximum Gasteiger partial charge on any atom is 0.252 e. The van der Waals surface area contributed by atoms with Gasteiger partial charge in [-0.15, -0.1) is 11.3 Å². The monoisotopic (exact) mass is 305 g/mol. The molecule has 0 radical (unpaired) electrons. The van der Waals surface area contributed by atoms with Crippen molar-refractivity contribution in [2.75, 3.05) is 13.2 Å². The summed E-state index contributed by atoms with van der Waals surface area (Å²) in [5, 5.41) is 16.9. The molecule has 2 aromatic rings. The molecule has 0 saturated heterocycles. The Morgan fingerprint density at radius 3 is 3.14 bits per heavy atom. The summed E-state index contributed by atoms with van der Waals surface area (Å²) >= 11 is 1.40. The predicted octanol–water partition coefficient (Wildman–Crippen LogP) is 1.15. The Hall–Kier alpha value is -2.17. The highest BCUT2D eigenvalue weighted by molar-refractivity contribution is 7.10. The van der Waals surface area contributed by atoms with E-state index in [4.69, 9.17) is 9.63 Å².